The third-order valence-electron chi connectivity index (χ3n) is 4.05. The molecular formula is C15H21N3O2S. The molecule has 0 atom stereocenters. The highest BCUT2D eigenvalue weighted by Crippen LogP contribution is 2.28. The van der Waals surface area contributed by atoms with Gasteiger partial charge in [0.1, 0.15) is 6.07 Å². The monoisotopic (exact) mass is 307 g/mol. The van der Waals surface area contributed by atoms with Crippen LogP contribution in [0, 0.1) is 11.3 Å². The zero-order valence-electron chi connectivity index (χ0n) is 12.2. The van der Waals surface area contributed by atoms with E-state index >= 15 is 0 Å². The van der Waals surface area contributed by atoms with E-state index in [9.17, 15) is 8.42 Å². The van der Waals surface area contributed by atoms with Gasteiger partial charge in [0.05, 0.1) is 10.5 Å². The number of hydrogen-bond acceptors (Lipinski definition) is 4. The van der Waals surface area contributed by atoms with Crippen LogP contribution in [0.5, 0.6) is 0 Å². The fraction of sp³-hybridized carbons (Fsp3) is 0.533. The molecule has 1 aliphatic rings. The number of nitriles is 1. The predicted molar refractivity (Wildman–Crippen MR) is 81.0 cm³/mol. The molecule has 1 saturated carbocycles. The summed E-state index contributed by atoms with van der Waals surface area (Å²) in [6.45, 7) is 2.24. The Kier molecular flexibility index (Phi) is 4.99. The van der Waals surface area contributed by atoms with Crippen molar-refractivity contribution < 1.29 is 8.42 Å². The van der Waals surface area contributed by atoms with Crippen LogP contribution in [0.25, 0.3) is 0 Å². The normalized spacial score (nSPS) is 23.0. The van der Waals surface area contributed by atoms with Gasteiger partial charge < -0.3 is 5.73 Å². The maximum absolute atomic E-state index is 12.9. The van der Waals surface area contributed by atoms with E-state index in [0.717, 1.165) is 25.7 Å². The summed E-state index contributed by atoms with van der Waals surface area (Å²) < 4.78 is 27.3. The SMILES string of the molecule is CCN(C1CCC(N)CC1)S(=O)(=O)c1ccccc1C#N. The molecule has 0 unspecified atom stereocenters. The Morgan fingerprint density at radius 3 is 2.48 bits per heavy atom. The minimum atomic E-state index is -3.64. The van der Waals surface area contributed by atoms with Crippen LogP contribution in [-0.4, -0.2) is 31.4 Å². The van der Waals surface area contributed by atoms with Gasteiger partial charge >= 0.3 is 0 Å². The summed E-state index contributed by atoms with van der Waals surface area (Å²) in [5, 5.41) is 9.13. The van der Waals surface area contributed by atoms with Crippen molar-refractivity contribution in [2.24, 2.45) is 5.73 Å². The molecule has 1 aliphatic carbocycles. The molecule has 6 heteroatoms. The van der Waals surface area contributed by atoms with Gasteiger partial charge in [-0.15, -0.1) is 0 Å². The van der Waals surface area contributed by atoms with Gasteiger partial charge in [0.15, 0.2) is 0 Å². The Morgan fingerprint density at radius 1 is 1.29 bits per heavy atom. The summed E-state index contributed by atoms with van der Waals surface area (Å²) in [4.78, 5) is 0.101. The predicted octanol–water partition coefficient (Wildman–Crippen LogP) is 1.84. The van der Waals surface area contributed by atoms with E-state index in [2.05, 4.69) is 0 Å². The highest BCUT2D eigenvalue weighted by atomic mass is 32.2. The largest absolute Gasteiger partial charge is 0.328 e. The minimum Gasteiger partial charge on any atom is -0.328 e. The molecule has 0 aliphatic heterocycles. The van der Waals surface area contributed by atoms with Crippen molar-refractivity contribution >= 4 is 10.0 Å². The number of nitrogens with zero attached hydrogens (tertiary/aromatic N) is 2. The maximum Gasteiger partial charge on any atom is 0.244 e. The third kappa shape index (κ3) is 3.26. The Morgan fingerprint density at radius 2 is 1.90 bits per heavy atom. The summed E-state index contributed by atoms with van der Waals surface area (Å²) in [6.07, 6.45) is 3.25. The lowest BCUT2D eigenvalue weighted by Crippen LogP contribution is -2.44. The third-order valence-corrected chi connectivity index (χ3v) is 6.14. The quantitative estimate of drug-likeness (QED) is 0.919. The van der Waals surface area contributed by atoms with E-state index in [1.165, 1.54) is 16.4 Å². The smallest absolute Gasteiger partial charge is 0.244 e. The summed E-state index contributed by atoms with van der Waals surface area (Å²) in [5.41, 5.74) is 6.09. The zero-order chi connectivity index (χ0) is 15.5. The van der Waals surface area contributed by atoms with Gasteiger partial charge in [-0.05, 0) is 37.8 Å². The van der Waals surface area contributed by atoms with Crippen LogP contribution in [0.2, 0.25) is 0 Å². The van der Waals surface area contributed by atoms with E-state index in [1.807, 2.05) is 13.0 Å². The number of nitrogens with two attached hydrogens (primary N) is 1. The average Bonchev–Trinajstić information content (AvgIpc) is 2.49. The van der Waals surface area contributed by atoms with Crippen LogP contribution in [-0.2, 0) is 10.0 Å². The lowest BCUT2D eigenvalue weighted by molar-refractivity contribution is 0.247. The van der Waals surface area contributed by atoms with Crippen molar-refractivity contribution in [1.29, 1.82) is 5.26 Å². The number of benzene rings is 1. The molecule has 114 valence electrons. The topological polar surface area (TPSA) is 87.2 Å². The second kappa shape index (κ2) is 6.56. The molecule has 0 bridgehead atoms. The van der Waals surface area contributed by atoms with Gasteiger partial charge in [0, 0.05) is 18.6 Å². The van der Waals surface area contributed by atoms with Crippen LogP contribution < -0.4 is 5.73 Å². The number of rotatable bonds is 4. The molecular weight excluding hydrogens is 286 g/mol. The Labute approximate surface area is 126 Å². The number of sulfonamides is 1. The van der Waals surface area contributed by atoms with Crippen molar-refractivity contribution in [3.8, 4) is 6.07 Å². The first-order valence-corrected chi connectivity index (χ1v) is 8.71. The van der Waals surface area contributed by atoms with Gasteiger partial charge in [-0.3, -0.25) is 0 Å². The van der Waals surface area contributed by atoms with Crippen molar-refractivity contribution in [2.45, 2.75) is 49.6 Å². The maximum atomic E-state index is 12.9. The van der Waals surface area contributed by atoms with E-state index in [0.29, 0.717) is 6.54 Å². The Hall–Kier alpha value is -1.42. The summed E-state index contributed by atoms with van der Waals surface area (Å²) in [7, 11) is -3.64. The molecule has 21 heavy (non-hydrogen) atoms. The molecule has 0 radical (unpaired) electrons. The summed E-state index contributed by atoms with van der Waals surface area (Å²) >= 11 is 0. The van der Waals surface area contributed by atoms with Crippen molar-refractivity contribution in [3.63, 3.8) is 0 Å². The van der Waals surface area contributed by atoms with Crippen molar-refractivity contribution in [1.82, 2.24) is 4.31 Å². The van der Waals surface area contributed by atoms with E-state index in [1.54, 1.807) is 12.1 Å². The van der Waals surface area contributed by atoms with Gasteiger partial charge in [-0.25, -0.2) is 8.42 Å². The van der Waals surface area contributed by atoms with Crippen molar-refractivity contribution in [2.75, 3.05) is 6.54 Å². The zero-order valence-corrected chi connectivity index (χ0v) is 13.0. The molecule has 1 fully saturated rings. The average molecular weight is 307 g/mol. The molecule has 2 rings (SSSR count). The lowest BCUT2D eigenvalue weighted by Gasteiger charge is -2.34. The van der Waals surface area contributed by atoms with E-state index in [-0.39, 0.29) is 22.5 Å². The van der Waals surface area contributed by atoms with Crippen LogP contribution in [0.1, 0.15) is 38.2 Å². The molecule has 0 heterocycles. The highest BCUT2D eigenvalue weighted by molar-refractivity contribution is 7.89. The fourth-order valence-electron chi connectivity index (χ4n) is 2.92. The van der Waals surface area contributed by atoms with Gasteiger partial charge in [0.25, 0.3) is 0 Å². The highest BCUT2D eigenvalue weighted by Gasteiger charge is 2.33. The summed E-state index contributed by atoms with van der Waals surface area (Å²) in [6, 6.07) is 8.49. The van der Waals surface area contributed by atoms with E-state index < -0.39 is 10.0 Å². The Balaban J connectivity index is 2.34. The first-order valence-electron chi connectivity index (χ1n) is 7.27. The molecule has 0 spiro atoms. The molecule has 1 aromatic carbocycles. The molecule has 0 saturated heterocycles. The molecule has 0 amide bonds. The van der Waals surface area contributed by atoms with Crippen LogP contribution in [0.15, 0.2) is 29.2 Å². The Bertz CT molecular complexity index is 629. The molecule has 5 nitrogen and oxygen atoms in total. The molecule has 1 aromatic rings. The number of hydrogen-bond donors (Lipinski definition) is 1. The second-order valence-corrected chi connectivity index (χ2v) is 7.24. The lowest BCUT2D eigenvalue weighted by atomic mass is 9.92. The molecule has 0 aromatic heterocycles. The standard InChI is InChI=1S/C15H21N3O2S/c1-2-18(14-9-7-13(17)8-10-14)21(19,20)15-6-4-3-5-12(15)11-16/h3-6,13-14H,2,7-10,17H2,1H3. The molecule has 2 N–H and O–H groups in total. The minimum absolute atomic E-state index is 0.0217. The van der Waals surface area contributed by atoms with Gasteiger partial charge in [-0.2, -0.15) is 9.57 Å². The van der Waals surface area contributed by atoms with Crippen LogP contribution in [0.4, 0.5) is 0 Å². The van der Waals surface area contributed by atoms with E-state index in [4.69, 9.17) is 11.0 Å². The summed E-state index contributed by atoms with van der Waals surface area (Å²) in [5.74, 6) is 0. The van der Waals surface area contributed by atoms with Crippen molar-refractivity contribution in [3.05, 3.63) is 29.8 Å². The first-order chi connectivity index (χ1) is 10.0. The van der Waals surface area contributed by atoms with Crippen LogP contribution >= 0.6 is 0 Å². The van der Waals surface area contributed by atoms with Crippen LogP contribution in [0.3, 0.4) is 0 Å². The van der Waals surface area contributed by atoms with Gasteiger partial charge in [0.2, 0.25) is 10.0 Å². The first kappa shape index (κ1) is 16.0. The van der Waals surface area contributed by atoms with Gasteiger partial charge in [-0.1, -0.05) is 19.1 Å². The fourth-order valence-corrected chi connectivity index (χ4v) is 4.76. The second-order valence-electron chi connectivity index (χ2n) is 5.38.